The molecule has 0 saturated carbocycles. The third-order valence-corrected chi connectivity index (χ3v) is 5.87. The number of rotatable bonds is 4. The molecule has 0 aliphatic carbocycles. The highest BCUT2D eigenvalue weighted by Gasteiger charge is 2.47. The molecule has 3 aliphatic rings. The SMILES string of the molecule is O=C1CCCN1CCC1CN(C(=O)N2OC2c2ccccc2)c2ccccc21. The number of carbonyl (C=O) groups is 2. The first kappa shape index (κ1) is 17.3. The Labute approximate surface area is 164 Å². The third kappa shape index (κ3) is 3.03. The van der Waals surface area contributed by atoms with Crippen LogP contribution in [0.3, 0.4) is 0 Å². The van der Waals surface area contributed by atoms with Crippen LogP contribution in [-0.2, 0) is 9.63 Å². The Morgan fingerprint density at radius 3 is 2.64 bits per heavy atom. The van der Waals surface area contributed by atoms with Crippen LogP contribution in [0.4, 0.5) is 10.5 Å². The van der Waals surface area contributed by atoms with Crippen molar-refractivity contribution in [3.8, 4) is 0 Å². The van der Waals surface area contributed by atoms with Gasteiger partial charge in [-0.3, -0.25) is 9.69 Å². The van der Waals surface area contributed by atoms with Gasteiger partial charge in [0.25, 0.3) is 0 Å². The second-order valence-electron chi connectivity index (χ2n) is 7.62. The molecule has 0 radical (unpaired) electrons. The second-order valence-corrected chi connectivity index (χ2v) is 7.62. The molecule has 0 aromatic heterocycles. The largest absolute Gasteiger partial charge is 0.351 e. The van der Waals surface area contributed by atoms with Crippen LogP contribution < -0.4 is 4.90 Å². The predicted molar refractivity (Wildman–Crippen MR) is 104 cm³/mol. The number of nitrogens with zero attached hydrogens (tertiary/aromatic N) is 3. The molecule has 6 nitrogen and oxygen atoms in total. The molecule has 5 rings (SSSR count). The number of para-hydroxylation sites is 1. The number of likely N-dealkylation sites (tertiary alicyclic amines) is 1. The van der Waals surface area contributed by atoms with Crippen LogP contribution >= 0.6 is 0 Å². The summed E-state index contributed by atoms with van der Waals surface area (Å²) < 4.78 is 0. The van der Waals surface area contributed by atoms with E-state index in [-0.39, 0.29) is 24.1 Å². The summed E-state index contributed by atoms with van der Waals surface area (Å²) in [6, 6.07) is 17.7. The molecular formula is C22H23N3O3. The van der Waals surface area contributed by atoms with Gasteiger partial charge in [-0.15, -0.1) is 0 Å². The lowest BCUT2D eigenvalue weighted by Crippen LogP contribution is -2.34. The van der Waals surface area contributed by atoms with Gasteiger partial charge in [0.2, 0.25) is 12.1 Å². The van der Waals surface area contributed by atoms with E-state index in [1.54, 1.807) is 0 Å². The second kappa shape index (κ2) is 6.95. The van der Waals surface area contributed by atoms with Crippen molar-refractivity contribution >= 4 is 17.6 Å². The smallest absolute Gasteiger partial charge is 0.343 e. The van der Waals surface area contributed by atoms with Crippen molar-refractivity contribution in [3.63, 3.8) is 0 Å². The van der Waals surface area contributed by atoms with Crippen LogP contribution in [-0.4, -0.2) is 41.5 Å². The summed E-state index contributed by atoms with van der Waals surface area (Å²) in [7, 11) is 0. The number of fused-ring (bicyclic) bond motifs is 1. The Kier molecular flexibility index (Phi) is 4.28. The number of amides is 3. The molecule has 2 fully saturated rings. The van der Waals surface area contributed by atoms with Crippen LogP contribution in [0.25, 0.3) is 0 Å². The molecule has 28 heavy (non-hydrogen) atoms. The number of hydrogen-bond acceptors (Lipinski definition) is 3. The average Bonchev–Trinajstić information content (AvgIpc) is 3.31. The molecule has 2 saturated heterocycles. The van der Waals surface area contributed by atoms with Crippen LogP contribution in [0.15, 0.2) is 54.6 Å². The normalized spacial score (nSPS) is 23.3. The fraction of sp³-hybridized carbons (Fsp3) is 0.364. The van der Waals surface area contributed by atoms with E-state index in [9.17, 15) is 9.59 Å². The summed E-state index contributed by atoms with van der Waals surface area (Å²) in [5, 5.41) is 1.44. The lowest BCUT2D eigenvalue weighted by molar-refractivity contribution is -0.127. The van der Waals surface area contributed by atoms with Gasteiger partial charge in [0.15, 0.2) is 0 Å². The van der Waals surface area contributed by atoms with Gasteiger partial charge in [-0.1, -0.05) is 48.5 Å². The molecule has 144 valence electrons. The molecule has 2 aromatic rings. The lowest BCUT2D eigenvalue weighted by Gasteiger charge is -2.19. The first-order valence-corrected chi connectivity index (χ1v) is 9.91. The molecule has 2 atom stereocenters. The van der Waals surface area contributed by atoms with Crippen molar-refractivity contribution in [1.29, 1.82) is 0 Å². The van der Waals surface area contributed by atoms with Crippen molar-refractivity contribution < 1.29 is 14.4 Å². The van der Waals surface area contributed by atoms with E-state index in [0.717, 1.165) is 37.2 Å². The first-order valence-electron chi connectivity index (χ1n) is 9.91. The van der Waals surface area contributed by atoms with Crippen molar-refractivity contribution in [2.75, 3.05) is 24.5 Å². The molecule has 2 aromatic carbocycles. The maximum Gasteiger partial charge on any atom is 0.351 e. The molecule has 0 bridgehead atoms. The van der Waals surface area contributed by atoms with E-state index >= 15 is 0 Å². The van der Waals surface area contributed by atoms with Gasteiger partial charge in [-0.2, -0.15) is 5.06 Å². The minimum Gasteiger partial charge on any atom is -0.343 e. The number of urea groups is 1. The number of benzene rings is 2. The van der Waals surface area contributed by atoms with Gasteiger partial charge in [0, 0.05) is 43.2 Å². The predicted octanol–water partition coefficient (Wildman–Crippen LogP) is 3.67. The molecule has 2 unspecified atom stereocenters. The van der Waals surface area contributed by atoms with E-state index in [2.05, 4.69) is 6.07 Å². The minimum atomic E-state index is -0.304. The Morgan fingerprint density at radius 1 is 1.07 bits per heavy atom. The number of hydroxylamine groups is 2. The van der Waals surface area contributed by atoms with E-state index in [4.69, 9.17) is 4.84 Å². The van der Waals surface area contributed by atoms with Crippen molar-refractivity contribution in [1.82, 2.24) is 9.96 Å². The highest BCUT2D eigenvalue weighted by atomic mass is 16.8. The highest BCUT2D eigenvalue weighted by molar-refractivity contribution is 5.95. The van der Waals surface area contributed by atoms with Gasteiger partial charge in [0.05, 0.1) is 0 Å². The van der Waals surface area contributed by atoms with Crippen LogP contribution in [0.2, 0.25) is 0 Å². The average molecular weight is 377 g/mol. The number of anilines is 1. The summed E-state index contributed by atoms with van der Waals surface area (Å²) in [4.78, 5) is 34.3. The monoisotopic (exact) mass is 377 g/mol. The topological polar surface area (TPSA) is 56.2 Å². The highest BCUT2D eigenvalue weighted by Crippen LogP contribution is 2.43. The quantitative estimate of drug-likeness (QED) is 0.764. The zero-order valence-corrected chi connectivity index (χ0v) is 15.7. The maximum absolute atomic E-state index is 13.1. The van der Waals surface area contributed by atoms with E-state index < -0.39 is 0 Å². The fourth-order valence-corrected chi connectivity index (χ4v) is 4.33. The molecule has 3 heterocycles. The Balaban J connectivity index is 1.29. The summed E-state index contributed by atoms with van der Waals surface area (Å²) in [5.41, 5.74) is 3.11. The third-order valence-electron chi connectivity index (χ3n) is 5.87. The van der Waals surface area contributed by atoms with Crippen LogP contribution in [0.1, 0.15) is 42.5 Å². The fourth-order valence-electron chi connectivity index (χ4n) is 4.33. The molecular weight excluding hydrogens is 354 g/mol. The molecule has 0 N–H and O–H groups in total. The van der Waals surface area contributed by atoms with Crippen molar-refractivity contribution in [2.45, 2.75) is 31.4 Å². The van der Waals surface area contributed by atoms with Crippen molar-refractivity contribution in [2.24, 2.45) is 0 Å². The van der Waals surface area contributed by atoms with Crippen LogP contribution in [0.5, 0.6) is 0 Å². The number of hydrogen-bond donors (Lipinski definition) is 0. The zero-order valence-electron chi connectivity index (χ0n) is 15.7. The van der Waals surface area contributed by atoms with E-state index in [1.165, 1.54) is 10.6 Å². The Hall–Kier alpha value is -2.86. The Morgan fingerprint density at radius 2 is 1.86 bits per heavy atom. The maximum atomic E-state index is 13.1. The molecule has 3 amide bonds. The molecule has 3 aliphatic heterocycles. The van der Waals surface area contributed by atoms with Gasteiger partial charge >= 0.3 is 6.03 Å². The lowest BCUT2D eigenvalue weighted by atomic mass is 9.98. The standard InChI is InChI=1S/C22H23N3O3/c26-20-11-6-13-23(20)14-12-17-15-24(19-10-5-4-9-18(17)19)22(27)25-21(28-25)16-7-2-1-3-8-16/h1-5,7-10,17,21H,6,11-15H2. The van der Waals surface area contributed by atoms with Gasteiger partial charge in [-0.05, 0) is 24.5 Å². The summed E-state index contributed by atoms with van der Waals surface area (Å²) in [6.07, 6.45) is 2.19. The summed E-state index contributed by atoms with van der Waals surface area (Å²) >= 11 is 0. The zero-order chi connectivity index (χ0) is 19.1. The van der Waals surface area contributed by atoms with E-state index in [1.807, 2.05) is 58.3 Å². The minimum absolute atomic E-state index is 0.124. The Bertz CT molecular complexity index is 901. The summed E-state index contributed by atoms with van der Waals surface area (Å²) in [5.74, 6) is 0.492. The number of carbonyl (C=O) groups excluding carboxylic acids is 2. The van der Waals surface area contributed by atoms with Gasteiger partial charge < -0.3 is 4.90 Å². The molecule has 6 heteroatoms. The first-order chi connectivity index (χ1) is 13.7. The molecule has 0 spiro atoms. The van der Waals surface area contributed by atoms with E-state index in [0.29, 0.717) is 13.0 Å². The van der Waals surface area contributed by atoms with Crippen molar-refractivity contribution in [3.05, 3.63) is 65.7 Å². The van der Waals surface area contributed by atoms with Crippen LogP contribution in [0, 0.1) is 0 Å². The van der Waals surface area contributed by atoms with Gasteiger partial charge in [0.1, 0.15) is 0 Å². The summed E-state index contributed by atoms with van der Waals surface area (Å²) in [6.45, 7) is 2.24. The van der Waals surface area contributed by atoms with Gasteiger partial charge in [-0.25, -0.2) is 9.63 Å².